The maximum Gasteiger partial charge on any atom is 0.273 e. The van der Waals surface area contributed by atoms with Crippen LogP contribution in [0.3, 0.4) is 0 Å². The Labute approximate surface area is 176 Å². The molecule has 1 saturated heterocycles. The molecule has 0 radical (unpaired) electrons. The number of aromatic nitrogens is 1. The van der Waals surface area contributed by atoms with E-state index in [4.69, 9.17) is 9.26 Å². The van der Waals surface area contributed by atoms with Crippen LogP contribution in [-0.4, -0.2) is 42.2 Å². The zero-order valence-corrected chi connectivity index (χ0v) is 17.2. The van der Waals surface area contributed by atoms with E-state index in [1.807, 2.05) is 49.4 Å². The summed E-state index contributed by atoms with van der Waals surface area (Å²) in [4.78, 5) is 15.1. The number of carbonyl (C=O) groups is 1. The minimum atomic E-state index is -0.226. The lowest BCUT2D eigenvalue weighted by Crippen LogP contribution is -2.36. The summed E-state index contributed by atoms with van der Waals surface area (Å²) in [5, 5.41) is 7.00. The summed E-state index contributed by atoms with van der Waals surface area (Å²) in [6.45, 7) is 5.21. The number of nitrogens with zero attached hydrogens (tertiary/aromatic N) is 2. The van der Waals surface area contributed by atoms with Crippen LogP contribution in [0.25, 0.3) is 11.3 Å². The predicted octanol–water partition coefficient (Wildman–Crippen LogP) is 4.31. The Kier molecular flexibility index (Phi) is 6.44. The number of carbonyl (C=O) groups excluding carboxylic acids is 1. The van der Waals surface area contributed by atoms with Crippen LogP contribution in [0.4, 0.5) is 0 Å². The number of rotatable bonds is 8. The highest BCUT2D eigenvalue weighted by Gasteiger charge is 2.25. The second-order valence-corrected chi connectivity index (χ2v) is 7.41. The number of hydrogen-bond donors (Lipinski definition) is 1. The SMILES string of the molecule is CCOc1ccc(C(CNC(=O)c2cc(-c3ccccc3)on2)N2CCCC2)cc1. The van der Waals surface area contributed by atoms with Crippen molar-refractivity contribution < 1.29 is 14.1 Å². The van der Waals surface area contributed by atoms with Crippen molar-refractivity contribution in [2.45, 2.75) is 25.8 Å². The van der Waals surface area contributed by atoms with E-state index < -0.39 is 0 Å². The highest BCUT2D eigenvalue weighted by atomic mass is 16.5. The minimum absolute atomic E-state index is 0.118. The van der Waals surface area contributed by atoms with Gasteiger partial charge in [-0.15, -0.1) is 0 Å². The van der Waals surface area contributed by atoms with Crippen LogP contribution in [0.15, 0.2) is 65.2 Å². The number of hydrogen-bond acceptors (Lipinski definition) is 5. The molecule has 1 fully saturated rings. The molecule has 156 valence electrons. The fourth-order valence-corrected chi connectivity index (χ4v) is 3.86. The summed E-state index contributed by atoms with van der Waals surface area (Å²) in [7, 11) is 0. The maximum atomic E-state index is 12.7. The van der Waals surface area contributed by atoms with E-state index in [2.05, 4.69) is 27.5 Å². The van der Waals surface area contributed by atoms with E-state index in [0.29, 0.717) is 24.6 Å². The first kappa shape index (κ1) is 20.2. The highest BCUT2D eigenvalue weighted by molar-refractivity contribution is 5.93. The largest absolute Gasteiger partial charge is 0.494 e. The van der Waals surface area contributed by atoms with Crippen molar-refractivity contribution in [3.8, 4) is 17.1 Å². The van der Waals surface area contributed by atoms with Gasteiger partial charge in [0.2, 0.25) is 0 Å². The van der Waals surface area contributed by atoms with Gasteiger partial charge in [0.1, 0.15) is 5.75 Å². The molecule has 6 nitrogen and oxygen atoms in total. The van der Waals surface area contributed by atoms with Crippen molar-refractivity contribution >= 4 is 5.91 Å². The van der Waals surface area contributed by atoms with Gasteiger partial charge in [0.25, 0.3) is 5.91 Å². The lowest BCUT2D eigenvalue weighted by Gasteiger charge is -2.28. The molecule has 0 bridgehead atoms. The second-order valence-electron chi connectivity index (χ2n) is 7.41. The topological polar surface area (TPSA) is 67.6 Å². The number of nitrogens with one attached hydrogen (secondary N) is 1. The van der Waals surface area contributed by atoms with Crippen LogP contribution >= 0.6 is 0 Å². The van der Waals surface area contributed by atoms with Crippen molar-refractivity contribution in [2.24, 2.45) is 0 Å². The number of ether oxygens (including phenoxy) is 1. The molecule has 1 aromatic heterocycles. The van der Waals surface area contributed by atoms with Gasteiger partial charge < -0.3 is 14.6 Å². The third-order valence-corrected chi connectivity index (χ3v) is 5.41. The molecule has 0 aliphatic carbocycles. The second kappa shape index (κ2) is 9.59. The maximum absolute atomic E-state index is 12.7. The highest BCUT2D eigenvalue weighted by Crippen LogP contribution is 2.26. The van der Waals surface area contributed by atoms with Crippen LogP contribution in [0.1, 0.15) is 41.9 Å². The molecule has 6 heteroatoms. The summed E-state index contributed by atoms with van der Waals surface area (Å²) in [6, 6.07) is 19.6. The summed E-state index contributed by atoms with van der Waals surface area (Å²) in [5.41, 5.74) is 2.36. The molecule has 0 spiro atoms. The molecule has 0 saturated carbocycles. The van der Waals surface area contributed by atoms with Gasteiger partial charge in [-0.3, -0.25) is 9.69 Å². The molecule has 4 rings (SSSR count). The van der Waals surface area contributed by atoms with Crippen molar-refractivity contribution in [3.63, 3.8) is 0 Å². The number of likely N-dealkylation sites (tertiary alicyclic amines) is 1. The standard InChI is InChI=1S/C24H27N3O3/c1-2-29-20-12-10-18(11-13-20)22(27-14-6-7-15-27)17-25-24(28)21-16-23(30-26-21)19-8-4-3-5-9-19/h3-5,8-13,16,22H,2,6-7,14-15,17H2,1H3,(H,25,28). The fourth-order valence-electron chi connectivity index (χ4n) is 3.86. The number of benzene rings is 2. The minimum Gasteiger partial charge on any atom is -0.494 e. The van der Waals surface area contributed by atoms with E-state index in [1.165, 1.54) is 18.4 Å². The Balaban J connectivity index is 1.44. The first-order valence-electron chi connectivity index (χ1n) is 10.5. The molecular weight excluding hydrogens is 378 g/mol. The van der Waals surface area contributed by atoms with Gasteiger partial charge in [-0.2, -0.15) is 0 Å². The van der Waals surface area contributed by atoms with Crippen molar-refractivity contribution in [1.29, 1.82) is 0 Å². The zero-order chi connectivity index (χ0) is 20.8. The molecule has 2 heterocycles. The molecular formula is C24H27N3O3. The fraction of sp³-hybridized carbons (Fsp3) is 0.333. The molecule has 30 heavy (non-hydrogen) atoms. The molecule has 1 atom stereocenters. The van der Waals surface area contributed by atoms with Crippen molar-refractivity contribution in [1.82, 2.24) is 15.4 Å². The van der Waals surface area contributed by atoms with Gasteiger partial charge in [0.15, 0.2) is 11.5 Å². The van der Waals surface area contributed by atoms with Crippen LogP contribution < -0.4 is 10.1 Å². The van der Waals surface area contributed by atoms with Crippen LogP contribution in [-0.2, 0) is 0 Å². The van der Waals surface area contributed by atoms with Gasteiger partial charge in [-0.25, -0.2) is 0 Å². The smallest absolute Gasteiger partial charge is 0.273 e. The van der Waals surface area contributed by atoms with E-state index in [-0.39, 0.29) is 11.9 Å². The molecule has 3 aromatic rings. The van der Waals surface area contributed by atoms with Crippen molar-refractivity contribution in [2.75, 3.05) is 26.2 Å². The van der Waals surface area contributed by atoms with E-state index >= 15 is 0 Å². The lowest BCUT2D eigenvalue weighted by molar-refractivity contribution is 0.0929. The average molecular weight is 405 g/mol. The summed E-state index contributed by atoms with van der Waals surface area (Å²) >= 11 is 0. The molecule has 1 unspecified atom stereocenters. The quantitative estimate of drug-likeness (QED) is 0.605. The summed E-state index contributed by atoms with van der Waals surface area (Å²) in [5.74, 6) is 1.22. The molecule has 2 aromatic carbocycles. The Morgan fingerprint density at radius 2 is 1.87 bits per heavy atom. The Bertz CT molecular complexity index is 947. The third kappa shape index (κ3) is 4.71. The molecule has 1 amide bonds. The van der Waals surface area contributed by atoms with Crippen LogP contribution in [0, 0.1) is 0 Å². The lowest BCUT2D eigenvalue weighted by atomic mass is 10.1. The molecule has 1 aliphatic heterocycles. The van der Waals surface area contributed by atoms with Crippen molar-refractivity contribution in [3.05, 3.63) is 71.9 Å². The van der Waals surface area contributed by atoms with Crippen LogP contribution in [0.5, 0.6) is 5.75 Å². The number of amides is 1. The Morgan fingerprint density at radius 3 is 2.57 bits per heavy atom. The van der Waals surface area contributed by atoms with Crippen LogP contribution in [0.2, 0.25) is 0 Å². The van der Waals surface area contributed by atoms with E-state index in [9.17, 15) is 4.79 Å². The van der Waals surface area contributed by atoms with Gasteiger partial charge in [0, 0.05) is 18.2 Å². The third-order valence-electron chi connectivity index (χ3n) is 5.41. The van der Waals surface area contributed by atoms with Gasteiger partial charge in [-0.1, -0.05) is 47.6 Å². The van der Waals surface area contributed by atoms with E-state index in [0.717, 1.165) is 24.4 Å². The Hall–Kier alpha value is -3.12. The summed E-state index contributed by atoms with van der Waals surface area (Å²) in [6.07, 6.45) is 2.37. The van der Waals surface area contributed by atoms with E-state index in [1.54, 1.807) is 6.07 Å². The molecule has 1 N–H and O–H groups in total. The van der Waals surface area contributed by atoms with Gasteiger partial charge >= 0.3 is 0 Å². The normalized spacial score (nSPS) is 15.1. The molecule has 1 aliphatic rings. The van der Waals surface area contributed by atoms with Gasteiger partial charge in [-0.05, 0) is 50.6 Å². The first-order valence-corrected chi connectivity index (χ1v) is 10.5. The zero-order valence-electron chi connectivity index (χ0n) is 17.2. The summed E-state index contributed by atoms with van der Waals surface area (Å²) < 4.78 is 10.9. The average Bonchev–Trinajstić information content (AvgIpc) is 3.48. The monoisotopic (exact) mass is 405 g/mol. The predicted molar refractivity (Wildman–Crippen MR) is 115 cm³/mol. The first-order chi connectivity index (χ1) is 14.7. The van der Waals surface area contributed by atoms with Gasteiger partial charge in [0.05, 0.1) is 12.6 Å². The Morgan fingerprint density at radius 1 is 1.13 bits per heavy atom.